The number of sulfonamides is 1. The number of aryl methyl sites for hydroxylation is 2. The third-order valence-electron chi connectivity index (χ3n) is 4.65. The van der Waals surface area contributed by atoms with Crippen LogP contribution < -0.4 is 9.46 Å². The van der Waals surface area contributed by atoms with E-state index in [0.717, 1.165) is 18.4 Å². The fourth-order valence-electron chi connectivity index (χ4n) is 3.27. The minimum atomic E-state index is -3.57. The molecule has 4 nitrogen and oxygen atoms in total. The molecule has 0 spiro atoms. The van der Waals surface area contributed by atoms with Crippen molar-refractivity contribution in [1.82, 2.24) is 4.72 Å². The number of nitrogens with one attached hydrogen (secondary N) is 1. The maximum Gasteiger partial charge on any atom is 0.241 e. The highest BCUT2D eigenvalue weighted by Crippen LogP contribution is 2.26. The minimum absolute atomic E-state index is 0.251. The topological polar surface area (TPSA) is 55.4 Å². The van der Waals surface area contributed by atoms with E-state index in [9.17, 15) is 8.42 Å². The fourth-order valence-corrected chi connectivity index (χ4v) is 4.51. The van der Waals surface area contributed by atoms with Gasteiger partial charge >= 0.3 is 0 Å². The maximum atomic E-state index is 12.6. The minimum Gasteiger partial charge on any atom is -0.494 e. The Morgan fingerprint density at radius 3 is 2.40 bits per heavy atom. The zero-order valence-electron chi connectivity index (χ0n) is 14.8. The molecule has 0 aromatic heterocycles. The van der Waals surface area contributed by atoms with Crippen molar-refractivity contribution in [3.05, 3.63) is 59.2 Å². The molecule has 0 fully saturated rings. The van der Waals surface area contributed by atoms with Crippen molar-refractivity contribution >= 4 is 10.0 Å². The molecule has 0 heterocycles. The molecule has 0 saturated heterocycles. The van der Waals surface area contributed by atoms with Gasteiger partial charge in [0, 0.05) is 6.04 Å². The average molecular weight is 359 g/mol. The molecular formula is C20H25NO3S. The van der Waals surface area contributed by atoms with Crippen LogP contribution >= 0.6 is 0 Å². The molecule has 1 N–H and O–H groups in total. The lowest BCUT2D eigenvalue weighted by molar-refractivity contribution is 0.340. The van der Waals surface area contributed by atoms with Gasteiger partial charge in [0.2, 0.25) is 10.0 Å². The van der Waals surface area contributed by atoms with Crippen LogP contribution in [0.15, 0.2) is 47.4 Å². The van der Waals surface area contributed by atoms with Gasteiger partial charge in [-0.1, -0.05) is 18.2 Å². The lowest BCUT2D eigenvalue weighted by atomic mass is 9.89. The van der Waals surface area contributed by atoms with Gasteiger partial charge in [0.15, 0.2) is 0 Å². The number of hydrogen-bond acceptors (Lipinski definition) is 3. The molecule has 0 aliphatic heterocycles. The maximum absolute atomic E-state index is 12.6. The smallest absolute Gasteiger partial charge is 0.241 e. The summed E-state index contributed by atoms with van der Waals surface area (Å²) in [6, 6.07) is 12.6. The molecule has 2 aromatic rings. The largest absolute Gasteiger partial charge is 0.494 e. The SMILES string of the molecule is CCOc1ccc(S(=O)(=O)N[C@@H](C)c2ccc3c(c2)CCCC3)cc1. The molecule has 1 aliphatic carbocycles. The Morgan fingerprint density at radius 2 is 1.72 bits per heavy atom. The van der Waals surface area contributed by atoms with Crippen LogP contribution in [0, 0.1) is 0 Å². The summed E-state index contributed by atoms with van der Waals surface area (Å²) >= 11 is 0. The van der Waals surface area contributed by atoms with E-state index < -0.39 is 10.0 Å². The van der Waals surface area contributed by atoms with E-state index in [1.165, 1.54) is 24.0 Å². The molecule has 5 heteroatoms. The number of rotatable bonds is 6. The van der Waals surface area contributed by atoms with Gasteiger partial charge in [-0.2, -0.15) is 0 Å². The lowest BCUT2D eigenvalue weighted by Crippen LogP contribution is -2.27. The molecule has 0 bridgehead atoms. The number of ether oxygens (including phenoxy) is 1. The Bertz CT molecular complexity index is 829. The predicted molar refractivity (Wildman–Crippen MR) is 99.4 cm³/mol. The van der Waals surface area contributed by atoms with E-state index in [0.29, 0.717) is 12.4 Å². The van der Waals surface area contributed by atoms with Crippen molar-refractivity contribution in [2.24, 2.45) is 0 Å². The highest BCUT2D eigenvalue weighted by atomic mass is 32.2. The molecule has 0 amide bonds. The van der Waals surface area contributed by atoms with Crippen LogP contribution in [0.2, 0.25) is 0 Å². The van der Waals surface area contributed by atoms with E-state index in [2.05, 4.69) is 16.9 Å². The molecule has 1 aliphatic rings. The van der Waals surface area contributed by atoms with Crippen LogP contribution in [-0.4, -0.2) is 15.0 Å². The molecule has 2 aromatic carbocycles. The second-order valence-electron chi connectivity index (χ2n) is 6.48. The third-order valence-corrected chi connectivity index (χ3v) is 6.21. The van der Waals surface area contributed by atoms with E-state index in [-0.39, 0.29) is 10.9 Å². The normalized spacial score (nSPS) is 15.4. The van der Waals surface area contributed by atoms with Gasteiger partial charge in [-0.15, -0.1) is 0 Å². The Balaban J connectivity index is 1.75. The predicted octanol–water partition coefficient (Wildman–Crippen LogP) is 4.00. The van der Waals surface area contributed by atoms with Crippen molar-refractivity contribution < 1.29 is 13.2 Å². The van der Waals surface area contributed by atoms with Crippen molar-refractivity contribution in [2.75, 3.05) is 6.61 Å². The molecular weight excluding hydrogens is 334 g/mol. The summed E-state index contributed by atoms with van der Waals surface area (Å²) in [7, 11) is -3.57. The lowest BCUT2D eigenvalue weighted by Gasteiger charge is -2.20. The zero-order chi connectivity index (χ0) is 17.9. The molecule has 134 valence electrons. The Kier molecular flexibility index (Phi) is 5.45. The van der Waals surface area contributed by atoms with Crippen LogP contribution in [0.4, 0.5) is 0 Å². The Morgan fingerprint density at radius 1 is 1.04 bits per heavy atom. The summed E-state index contributed by atoms with van der Waals surface area (Å²) in [5.41, 5.74) is 3.77. The van der Waals surface area contributed by atoms with Crippen molar-refractivity contribution in [3.63, 3.8) is 0 Å². The molecule has 25 heavy (non-hydrogen) atoms. The standard InChI is InChI=1S/C20H25NO3S/c1-3-24-19-10-12-20(13-11-19)25(22,23)21-15(2)17-9-8-16-6-4-5-7-18(16)14-17/h8-15,21H,3-7H2,1-2H3/t15-/m0/s1. The highest BCUT2D eigenvalue weighted by Gasteiger charge is 2.19. The van der Waals surface area contributed by atoms with Crippen LogP contribution in [0.1, 0.15) is 49.4 Å². The van der Waals surface area contributed by atoms with Crippen molar-refractivity contribution in [2.45, 2.75) is 50.5 Å². The van der Waals surface area contributed by atoms with Gasteiger partial charge < -0.3 is 4.74 Å². The van der Waals surface area contributed by atoms with Gasteiger partial charge in [-0.05, 0) is 80.5 Å². The van der Waals surface area contributed by atoms with Gasteiger partial charge in [0.25, 0.3) is 0 Å². The fraction of sp³-hybridized carbons (Fsp3) is 0.400. The van der Waals surface area contributed by atoms with Gasteiger partial charge in [0.1, 0.15) is 5.75 Å². The number of benzene rings is 2. The Labute approximate surface area is 150 Å². The summed E-state index contributed by atoms with van der Waals surface area (Å²) in [5.74, 6) is 0.671. The summed E-state index contributed by atoms with van der Waals surface area (Å²) in [6.07, 6.45) is 4.67. The Hall–Kier alpha value is -1.85. The average Bonchev–Trinajstić information content (AvgIpc) is 2.61. The van der Waals surface area contributed by atoms with Crippen LogP contribution in [0.3, 0.4) is 0 Å². The highest BCUT2D eigenvalue weighted by molar-refractivity contribution is 7.89. The first-order chi connectivity index (χ1) is 12.0. The summed E-state index contributed by atoms with van der Waals surface area (Å²) in [4.78, 5) is 0.251. The quantitative estimate of drug-likeness (QED) is 0.848. The van der Waals surface area contributed by atoms with E-state index >= 15 is 0 Å². The zero-order valence-corrected chi connectivity index (χ0v) is 15.6. The van der Waals surface area contributed by atoms with E-state index in [1.54, 1.807) is 24.3 Å². The molecule has 0 saturated carbocycles. The van der Waals surface area contributed by atoms with Crippen molar-refractivity contribution in [1.29, 1.82) is 0 Å². The van der Waals surface area contributed by atoms with E-state index in [1.807, 2.05) is 19.9 Å². The van der Waals surface area contributed by atoms with Gasteiger partial charge in [-0.25, -0.2) is 13.1 Å². The van der Waals surface area contributed by atoms with Crippen LogP contribution in [0.5, 0.6) is 5.75 Å². The number of hydrogen-bond donors (Lipinski definition) is 1. The van der Waals surface area contributed by atoms with E-state index in [4.69, 9.17) is 4.74 Å². The molecule has 0 radical (unpaired) electrons. The molecule has 0 unspecified atom stereocenters. The third kappa shape index (κ3) is 4.22. The van der Waals surface area contributed by atoms with Gasteiger partial charge in [-0.3, -0.25) is 0 Å². The molecule has 3 rings (SSSR count). The second kappa shape index (κ2) is 7.58. The van der Waals surface area contributed by atoms with Crippen LogP contribution in [0.25, 0.3) is 0 Å². The van der Waals surface area contributed by atoms with Crippen molar-refractivity contribution in [3.8, 4) is 5.75 Å². The van der Waals surface area contributed by atoms with Crippen LogP contribution in [-0.2, 0) is 22.9 Å². The summed E-state index contributed by atoms with van der Waals surface area (Å²) in [6.45, 7) is 4.34. The monoisotopic (exact) mass is 359 g/mol. The first kappa shape index (κ1) is 18.0. The first-order valence-electron chi connectivity index (χ1n) is 8.86. The van der Waals surface area contributed by atoms with Gasteiger partial charge in [0.05, 0.1) is 11.5 Å². The summed E-state index contributed by atoms with van der Waals surface area (Å²) < 4.78 is 33.4. The number of fused-ring (bicyclic) bond motifs is 1. The summed E-state index contributed by atoms with van der Waals surface area (Å²) in [5, 5.41) is 0. The first-order valence-corrected chi connectivity index (χ1v) is 10.3. The second-order valence-corrected chi connectivity index (χ2v) is 8.20. The molecule has 1 atom stereocenters.